The first kappa shape index (κ1) is 9.93. The second kappa shape index (κ2) is 4.28. The summed E-state index contributed by atoms with van der Waals surface area (Å²) in [5.74, 6) is 1.06. The summed E-state index contributed by atoms with van der Waals surface area (Å²) in [6.45, 7) is 1.96. The van der Waals surface area contributed by atoms with Crippen LogP contribution < -0.4 is 4.74 Å². The minimum Gasteiger partial charge on any atom is -0.436 e. The summed E-state index contributed by atoms with van der Waals surface area (Å²) in [4.78, 5) is 7.88. The first-order valence-corrected chi connectivity index (χ1v) is 4.85. The molecule has 0 aliphatic heterocycles. The van der Waals surface area contributed by atoms with Gasteiger partial charge in [-0.15, -0.1) is 0 Å². The average Bonchev–Trinajstić information content (AvgIpc) is 2.24. The highest BCUT2D eigenvalue weighted by Gasteiger charge is 2.05. The lowest BCUT2D eigenvalue weighted by Crippen LogP contribution is -1.91. The average molecular weight is 221 g/mol. The maximum absolute atomic E-state index is 5.83. The highest BCUT2D eigenvalue weighted by molar-refractivity contribution is 6.30. The monoisotopic (exact) mass is 220 g/mol. The fourth-order valence-corrected chi connectivity index (χ4v) is 1.30. The number of aromatic nitrogens is 2. The van der Waals surface area contributed by atoms with Crippen LogP contribution in [0.1, 0.15) is 5.56 Å². The number of aryl methyl sites for hydroxylation is 1. The first-order chi connectivity index (χ1) is 7.27. The van der Waals surface area contributed by atoms with E-state index in [1.165, 1.54) is 6.20 Å². The Morgan fingerprint density at radius 1 is 1.13 bits per heavy atom. The Balaban J connectivity index is 2.30. The second-order valence-corrected chi connectivity index (χ2v) is 3.38. The van der Waals surface area contributed by atoms with Gasteiger partial charge in [0.2, 0.25) is 0 Å². The fourth-order valence-electron chi connectivity index (χ4n) is 1.15. The van der Waals surface area contributed by atoms with E-state index in [4.69, 9.17) is 16.3 Å². The van der Waals surface area contributed by atoms with Crippen LogP contribution in [-0.2, 0) is 0 Å². The van der Waals surface area contributed by atoms with Crippen molar-refractivity contribution in [3.05, 3.63) is 47.4 Å². The molecule has 2 rings (SSSR count). The molecule has 0 spiro atoms. The van der Waals surface area contributed by atoms with Crippen molar-refractivity contribution in [1.29, 1.82) is 0 Å². The summed E-state index contributed by atoms with van der Waals surface area (Å²) in [5.41, 5.74) is 1.03. The quantitative estimate of drug-likeness (QED) is 0.780. The van der Waals surface area contributed by atoms with E-state index in [1.807, 2.05) is 31.2 Å². The van der Waals surface area contributed by atoms with Gasteiger partial charge in [-0.25, -0.2) is 9.97 Å². The third-order valence-electron chi connectivity index (χ3n) is 1.92. The van der Waals surface area contributed by atoms with E-state index in [-0.39, 0.29) is 5.15 Å². The summed E-state index contributed by atoms with van der Waals surface area (Å²) in [7, 11) is 0. The number of rotatable bonds is 2. The molecule has 0 unspecified atom stereocenters. The zero-order valence-corrected chi connectivity index (χ0v) is 8.90. The van der Waals surface area contributed by atoms with Crippen LogP contribution in [0.2, 0.25) is 5.15 Å². The van der Waals surface area contributed by atoms with E-state index in [1.54, 1.807) is 6.20 Å². The zero-order chi connectivity index (χ0) is 10.7. The molecule has 0 atom stereocenters. The number of benzene rings is 1. The number of hydrogen-bond acceptors (Lipinski definition) is 3. The predicted molar refractivity (Wildman–Crippen MR) is 58.3 cm³/mol. The maximum Gasteiger partial charge on any atom is 0.257 e. The van der Waals surface area contributed by atoms with Crippen molar-refractivity contribution in [2.75, 3.05) is 0 Å². The Morgan fingerprint density at radius 2 is 1.87 bits per heavy atom. The molecule has 4 heteroatoms. The van der Waals surface area contributed by atoms with Crippen molar-refractivity contribution in [2.45, 2.75) is 6.92 Å². The molecule has 1 aromatic heterocycles. The Kier molecular flexibility index (Phi) is 2.83. The largest absolute Gasteiger partial charge is 0.436 e. The number of ether oxygens (including phenoxy) is 1. The Hall–Kier alpha value is -1.61. The van der Waals surface area contributed by atoms with Gasteiger partial charge in [-0.1, -0.05) is 29.8 Å². The highest BCUT2D eigenvalue weighted by atomic mass is 35.5. The lowest BCUT2D eigenvalue weighted by molar-refractivity contribution is 0.457. The van der Waals surface area contributed by atoms with Gasteiger partial charge in [-0.05, 0) is 18.6 Å². The molecule has 0 aliphatic carbocycles. The van der Waals surface area contributed by atoms with Crippen LogP contribution in [0.25, 0.3) is 0 Å². The molecular formula is C11H9ClN2O. The summed E-state index contributed by atoms with van der Waals surface area (Å²) in [6.07, 6.45) is 3.06. The number of nitrogens with zero attached hydrogens (tertiary/aromatic N) is 2. The van der Waals surface area contributed by atoms with Crippen LogP contribution in [0.5, 0.6) is 11.6 Å². The zero-order valence-electron chi connectivity index (χ0n) is 8.14. The molecule has 1 heterocycles. The summed E-state index contributed by atoms with van der Waals surface area (Å²) in [6, 6.07) is 7.66. The van der Waals surface area contributed by atoms with Gasteiger partial charge in [0, 0.05) is 12.4 Å². The SMILES string of the molecule is Cc1ccccc1Oc1nccnc1Cl. The normalized spacial score (nSPS) is 10.0. The summed E-state index contributed by atoms with van der Waals surface area (Å²) < 4.78 is 5.53. The van der Waals surface area contributed by atoms with Gasteiger partial charge in [-0.3, -0.25) is 0 Å². The number of halogens is 1. The molecule has 15 heavy (non-hydrogen) atoms. The maximum atomic E-state index is 5.83. The van der Waals surface area contributed by atoms with E-state index in [0.29, 0.717) is 5.88 Å². The molecule has 0 aliphatic rings. The lowest BCUT2D eigenvalue weighted by Gasteiger charge is -2.07. The first-order valence-electron chi connectivity index (χ1n) is 4.47. The van der Waals surface area contributed by atoms with Crippen molar-refractivity contribution in [3.63, 3.8) is 0 Å². The van der Waals surface area contributed by atoms with Crippen LogP contribution in [0, 0.1) is 6.92 Å². The van der Waals surface area contributed by atoms with Gasteiger partial charge >= 0.3 is 0 Å². The second-order valence-electron chi connectivity index (χ2n) is 3.02. The van der Waals surface area contributed by atoms with Crippen LogP contribution in [0.15, 0.2) is 36.7 Å². The molecule has 0 N–H and O–H groups in total. The van der Waals surface area contributed by atoms with Crippen LogP contribution in [0.3, 0.4) is 0 Å². The Bertz CT molecular complexity index is 430. The van der Waals surface area contributed by atoms with Crippen molar-refractivity contribution < 1.29 is 4.74 Å². The predicted octanol–water partition coefficient (Wildman–Crippen LogP) is 3.23. The van der Waals surface area contributed by atoms with E-state index in [0.717, 1.165) is 11.3 Å². The summed E-state index contributed by atoms with van der Waals surface area (Å²) in [5, 5.41) is 0.265. The van der Waals surface area contributed by atoms with E-state index >= 15 is 0 Å². The molecule has 0 amide bonds. The Labute approximate surface area is 92.7 Å². The standard InChI is InChI=1S/C11H9ClN2O/c1-8-4-2-3-5-9(8)15-11-10(12)13-6-7-14-11/h2-7H,1H3. The van der Waals surface area contributed by atoms with Crippen molar-refractivity contribution in [2.24, 2.45) is 0 Å². The molecular weight excluding hydrogens is 212 g/mol. The van der Waals surface area contributed by atoms with Crippen LogP contribution in [-0.4, -0.2) is 9.97 Å². The third-order valence-corrected chi connectivity index (χ3v) is 2.18. The highest BCUT2D eigenvalue weighted by Crippen LogP contribution is 2.26. The molecule has 3 nitrogen and oxygen atoms in total. The number of para-hydroxylation sites is 1. The van der Waals surface area contributed by atoms with Crippen LogP contribution in [0.4, 0.5) is 0 Å². The third kappa shape index (κ3) is 2.25. The summed E-state index contributed by atoms with van der Waals surface area (Å²) >= 11 is 5.83. The van der Waals surface area contributed by atoms with Crippen molar-refractivity contribution >= 4 is 11.6 Å². The van der Waals surface area contributed by atoms with E-state index in [2.05, 4.69) is 9.97 Å². The lowest BCUT2D eigenvalue weighted by atomic mass is 10.2. The van der Waals surface area contributed by atoms with Gasteiger partial charge in [-0.2, -0.15) is 0 Å². The fraction of sp³-hybridized carbons (Fsp3) is 0.0909. The topological polar surface area (TPSA) is 35.0 Å². The molecule has 0 fully saturated rings. The van der Waals surface area contributed by atoms with Gasteiger partial charge in [0.25, 0.3) is 5.88 Å². The van der Waals surface area contributed by atoms with Crippen molar-refractivity contribution in [3.8, 4) is 11.6 Å². The molecule has 1 aromatic carbocycles. The molecule has 0 saturated carbocycles. The molecule has 0 saturated heterocycles. The van der Waals surface area contributed by atoms with E-state index < -0.39 is 0 Å². The molecule has 0 bridgehead atoms. The van der Waals surface area contributed by atoms with E-state index in [9.17, 15) is 0 Å². The smallest absolute Gasteiger partial charge is 0.257 e. The molecule has 76 valence electrons. The molecule has 2 aromatic rings. The van der Waals surface area contributed by atoms with Gasteiger partial charge < -0.3 is 4.74 Å². The van der Waals surface area contributed by atoms with Crippen LogP contribution >= 0.6 is 11.6 Å². The molecule has 0 radical (unpaired) electrons. The van der Waals surface area contributed by atoms with Gasteiger partial charge in [0.05, 0.1) is 0 Å². The van der Waals surface area contributed by atoms with Gasteiger partial charge in [0.15, 0.2) is 5.15 Å². The van der Waals surface area contributed by atoms with Crippen molar-refractivity contribution in [1.82, 2.24) is 9.97 Å². The minimum atomic E-state index is 0.265. The Morgan fingerprint density at radius 3 is 2.60 bits per heavy atom. The minimum absolute atomic E-state index is 0.265. The number of hydrogen-bond donors (Lipinski definition) is 0. The van der Waals surface area contributed by atoms with Gasteiger partial charge in [0.1, 0.15) is 5.75 Å².